The quantitative estimate of drug-likeness (QED) is 0.444. The van der Waals surface area contributed by atoms with Crippen molar-refractivity contribution in [3.05, 3.63) is 29.8 Å². The van der Waals surface area contributed by atoms with Crippen LogP contribution in [0.3, 0.4) is 0 Å². The number of nitrogens with zero attached hydrogens (tertiary/aromatic N) is 5. The van der Waals surface area contributed by atoms with Crippen LogP contribution in [0.2, 0.25) is 0 Å². The highest BCUT2D eigenvalue weighted by Gasteiger charge is 2.51. The minimum absolute atomic E-state index is 0.289. The number of benzene rings is 1. The summed E-state index contributed by atoms with van der Waals surface area (Å²) < 4.78 is 7.29. The molecule has 3 rings (SSSR count). The third-order valence-electron chi connectivity index (χ3n) is 4.66. The van der Waals surface area contributed by atoms with Crippen LogP contribution in [0.25, 0.3) is 0 Å². The molecule has 1 aromatic rings. The Morgan fingerprint density at radius 3 is 2.55 bits per heavy atom. The molecule has 2 aliphatic rings. The molecule has 9 nitrogen and oxygen atoms in total. The first-order chi connectivity index (χ1) is 13.8. The molecule has 29 heavy (non-hydrogen) atoms. The van der Waals surface area contributed by atoms with Gasteiger partial charge in [0.15, 0.2) is 0 Å². The van der Waals surface area contributed by atoms with Crippen LogP contribution in [0.1, 0.15) is 26.3 Å². The highest BCUT2D eigenvalue weighted by atomic mass is 16.5. The van der Waals surface area contributed by atoms with Gasteiger partial charge in [-0.2, -0.15) is 5.43 Å². The van der Waals surface area contributed by atoms with Crippen LogP contribution in [0, 0.1) is 5.92 Å². The molecule has 0 radical (unpaired) electrons. The lowest BCUT2D eigenvalue weighted by Gasteiger charge is -2.32. The molecule has 154 valence electrons. The zero-order chi connectivity index (χ0) is 21.1. The van der Waals surface area contributed by atoms with Crippen molar-refractivity contribution >= 4 is 29.9 Å². The maximum absolute atomic E-state index is 12.7. The Morgan fingerprint density at radius 1 is 1.24 bits per heavy atom. The summed E-state index contributed by atoms with van der Waals surface area (Å²) >= 11 is 0. The Hall–Kier alpha value is -3.23. The summed E-state index contributed by atoms with van der Waals surface area (Å²) in [6, 6.07) is 6.53. The number of aliphatic imine (C=N–C) groups is 1. The van der Waals surface area contributed by atoms with Crippen LogP contribution >= 0.6 is 0 Å². The van der Waals surface area contributed by atoms with E-state index in [0.717, 1.165) is 16.2 Å². The standard InChI is InChI=1S/C20H26N6O3/c1-6-29-15-9-7-14(8-10-15)11-21-23-19-22-17-16(26(19)12-13(2)3)18(27)25(5)20(28)24(17)4/h7-11,13,16H,6,12H2,1-5H3/p+1/b21-11+. The highest BCUT2D eigenvalue weighted by molar-refractivity contribution is 6.22. The summed E-state index contributed by atoms with van der Waals surface area (Å²) in [6.07, 6.45) is 1.67. The number of carbonyl (C=O) groups excluding carboxylic acids is 2. The van der Waals surface area contributed by atoms with Gasteiger partial charge in [0, 0.05) is 14.1 Å². The van der Waals surface area contributed by atoms with E-state index >= 15 is 0 Å². The smallest absolute Gasteiger partial charge is 0.413 e. The summed E-state index contributed by atoms with van der Waals surface area (Å²) in [5, 5.41) is 4.27. The summed E-state index contributed by atoms with van der Waals surface area (Å²) in [4.78, 5) is 32.0. The van der Waals surface area contributed by atoms with Crippen LogP contribution < -0.4 is 10.2 Å². The number of imide groups is 1. The number of nitrogens with one attached hydrogen (secondary N) is 1. The normalized spacial score (nSPS) is 19.4. The summed E-state index contributed by atoms with van der Waals surface area (Å²) in [7, 11) is 3.11. The molecule has 1 fully saturated rings. The Morgan fingerprint density at radius 2 is 1.93 bits per heavy atom. The van der Waals surface area contributed by atoms with Crippen LogP contribution in [-0.4, -0.2) is 77.6 Å². The largest absolute Gasteiger partial charge is 0.494 e. The van der Waals surface area contributed by atoms with Crippen molar-refractivity contribution in [2.75, 3.05) is 27.2 Å². The second kappa shape index (κ2) is 8.42. The third-order valence-corrected chi connectivity index (χ3v) is 4.66. The van der Waals surface area contributed by atoms with E-state index in [0.29, 0.717) is 24.9 Å². The number of hydrogen-bond donors (Lipinski definition) is 1. The number of likely N-dealkylation sites (N-methyl/N-ethyl adjacent to an activating group) is 2. The van der Waals surface area contributed by atoms with Crippen LogP contribution in [0.5, 0.6) is 5.75 Å². The first-order valence-electron chi connectivity index (χ1n) is 9.62. The van der Waals surface area contributed by atoms with E-state index in [4.69, 9.17) is 4.74 Å². The molecular weight excluding hydrogens is 372 g/mol. The van der Waals surface area contributed by atoms with Gasteiger partial charge in [-0.3, -0.25) is 14.6 Å². The highest BCUT2D eigenvalue weighted by Crippen LogP contribution is 2.19. The molecule has 1 atom stereocenters. The molecule has 1 saturated heterocycles. The minimum Gasteiger partial charge on any atom is -0.494 e. The fourth-order valence-corrected chi connectivity index (χ4v) is 3.25. The van der Waals surface area contributed by atoms with Gasteiger partial charge in [0.1, 0.15) is 5.75 Å². The lowest BCUT2D eigenvalue weighted by Crippen LogP contribution is -2.61. The topological polar surface area (TPSA) is 89.6 Å². The summed E-state index contributed by atoms with van der Waals surface area (Å²) in [5.41, 5.74) is 3.83. The van der Waals surface area contributed by atoms with E-state index in [2.05, 4.69) is 29.4 Å². The molecule has 0 aromatic heterocycles. The number of amidine groups is 1. The molecule has 0 saturated carbocycles. The lowest BCUT2D eigenvalue weighted by molar-refractivity contribution is -0.543. The molecule has 0 bridgehead atoms. The van der Waals surface area contributed by atoms with E-state index in [1.165, 1.54) is 11.9 Å². The molecule has 2 heterocycles. The van der Waals surface area contributed by atoms with Crippen molar-refractivity contribution in [2.45, 2.75) is 26.8 Å². The summed E-state index contributed by atoms with van der Waals surface area (Å²) in [5.74, 6) is 1.66. The van der Waals surface area contributed by atoms with Crippen molar-refractivity contribution in [1.82, 2.24) is 15.2 Å². The van der Waals surface area contributed by atoms with Gasteiger partial charge < -0.3 is 4.74 Å². The van der Waals surface area contributed by atoms with Crippen molar-refractivity contribution < 1.29 is 18.9 Å². The molecule has 1 aromatic carbocycles. The predicted octanol–water partition coefficient (Wildman–Crippen LogP) is 1.34. The number of hydrazone groups is 1. The Kier molecular flexibility index (Phi) is 5.95. The van der Waals surface area contributed by atoms with E-state index in [1.807, 2.05) is 35.8 Å². The van der Waals surface area contributed by atoms with Crippen molar-refractivity contribution in [2.24, 2.45) is 16.0 Å². The number of hydrogen-bond acceptors (Lipinski definition) is 6. The average Bonchev–Trinajstić information content (AvgIpc) is 3.04. The Bertz CT molecular complexity index is 888. The van der Waals surface area contributed by atoms with Gasteiger partial charge in [-0.15, -0.1) is 5.10 Å². The molecular formula is C20H27N6O3+. The van der Waals surface area contributed by atoms with E-state index in [1.54, 1.807) is 13.3 Å². The first kappa shape index (κ1) is 20.5. The number of guanidine groups is 1. The van der Waals surface area contributed by atoms with Gasteiger partial charge in [0.2, 0.25) is 11.9 Å². The molecule has 3 amide bonds. The van der Waals surface area contributed by atoms with E-state index in [-0.39, 0.29) is 11.8 Å². The van der Waals surface area contributed by atoms with Gasteiger partial charge in [-0.25, -0.2) is 9.37 Å². The van der Waals surface area contributed by atoms with Crippen LogP contribution in [0.4, 0.5) is 4.79 Å². The number of fused-ring (bicyclic) bond motifs is 1. The Labute approximate surface area is 170 Å². The molecule has 2 aliphatic heterocycles. The molecule has 0 aliphatic carbocycles. The number of rotatable bonds is 6. The fourth-order valence-electron chi connectivity index (χ4n) is 3.25. The van der Waals surface area contributed by atoms with E-state index < -0.39 is 12.1 Å². The van der Waals surface area contributed by atoms with Gasteiger partial charge in [-0.1, -0.05) is 18.8 Å². The van der Waals surface area contributed by atoms with Crippen molar-refractivity contribution in [3.8, 4) is 5.75 Å². The maximum atomic E-state index is 12.7. The maximum Gasteiger partial charge on any atom is 0.413 e. The zero-order valence-corrected chi connectivity index (χ0v) is 17.4. The SMILES string of the molecule is CCOc1ccc(/C=N/NC2=[N+](CC(C)C)C3C(=O)N(C)C(=O)N(C)C3=N2)cc1. The van der Waals surface area contributed by atoms with Gasteiger partial charge in [0.05, 0.1) is 19.4 Å². The van der Waals surface area contributed by atoms with Gasteiger partial charge >= 0.3 is 12.0 Å². The average molecular weight is 399 g/mol. The fraction of sp³-hybridized carbons (Fsp3) is 0.450. The monoisotopic (exact) mass is 399 g/mol. The van der Waals surface area contributed by atoms with Crippen LogP contribution in [-0.2, 0) is 4.79 Å². The second-order valence-corrected chi connectivity index (χ2v) is 7.35. The number of carbonyl (C=O) groups is 2. The summed E-state index contributed by atoms with van der Waals surface area (Å²) in [6.45, 7) is 7.27. The van der Waals surface area contributed by atoms with Gasteiger partial charge in [-0.05, 0) is 42.7 Å². The van der Waals surface area contributed by atoms with Gasteiger partial charge in [0.25, 0.3) is 5.91 Å². The predicted molar refractivity (Wildman–Crippen MR) is 110 cm³/mol. The Balaban J connectivity index is 1.83. The van der Waals surface area contributed by atoms with Crippen LogP contribution in [0.15, 0.2) is 34.4 Å². The zero-order valence-electron chi connectivity index (χ0n) is 17.4. The van der Waals surface area contributed by atoms with E-state index in [9.17, 15) is 9.59 Å². The molecule has 1 unspecified atom stereocenters. The van der Waals surface area contributed by atoms with Crippen molar-refractivity contribution in [3.63, 3.8) is 0 Å². The second-order valence-electron chi connectivity index (χ2n) is 7.35. The lowest BCUT2D eigenvalue weighted by atomic mass is 10.1. The number of amides is 3. The van der Waals surface area contributed by atoms with Crippen molar-refractivity contribution in [1.29, 1.82) is 0 Å². The first-order valence-corrected chi connectivity index (χ1v) is 9.62. The molecule has 1 N–H and O–H groups in total. The minimum atomic E-state index is -0.631. The number of ether oxygens (including phenoxy) is 1. The molecule has 9 heteroatoms. The molecule has 0 spiro atoms. The third kappa shape index (κ3) is 4.13. The number of urea groups is 1.